The number of nitrogens with zero attached hydrogens (tertiary/aromatic N) is 3. The Labute approximate surface area is 161 Å². The molecule has 0 saturated carbocycles. The van der Waals surface area contributed by atoms with E-state index in [1.54, 1.807) is 43.8 Å². The molecule has 0 aliphatic rings. The van der Waals surface area contributed by atoms with Crippen LogP contribution in [0.3, 0.4) is 0 Å². The number of benzene rings is 2. The van der Waals surface area contributed by atoms with E-state index in [1.165, 1.54) is 17.0 Å². The number of amides is 1. The molecular weight excluding hydrogens is 357 g/mol. The SMILES string of the molecule is COc1c(N(C=O)c2cccnc2)n(Cc2ccc(F)cc2)c2ccccc12. The molecule has 0 N–H and O–H groups in total. The van der Waals surface area contributed by atoms with Crippen LogP contribution in [0.1, 0.15) is 5.56 Å². The van der Waals surface area contributed by atoms with E-state index >= 15 is 0 Å². The molecule has 0 fully saturated rings. The van der Waals surface area contributed by atoms with Crippen LogP contribution in [0.4, 0.5) is 15.9 Å². The molecule has 5 nitrogen and oxygen atoms in total. The molecule has 0 saturated heterocycles. The number of carbonyl (C=O) groups is 1. The molecule has 4 aromatic rings. The van der Waals surface area contributed by atoms with Gasteiger partial charge in [0.1, 0.15) is 5.82 Å². The monoisotopic (exact) mass is 375 g/mol. The van der Waals surface area contributed by atoms with Crippen molar-refractivity contribution in [3.05, 3.63) is 84.4 Å². The van der Waals surface area contributed by atoms with E-state index in [4.69, 9.17) is 4.74 Å². The Morgan fingerprint density at radius 1 is 1.11 bits per heavy atom. The molecule has 2 heterocycles. The van der Waals surface area contributed by atoms with Gasteiger partial charge in [0.15, 0.2) is 11.6 Å². The van der Waals surface area contributed by atoms with Crippen molar-refractivity contribution in [2.24, 2.45) is 0 Å². The van der Waals surface area contributed by atoms with Gasteiger partial charge in [-0.3, -0.25) is 14.7 Å². The maximum Gasteiger partial charge on any atom is 0.220 e. The molecule has 4 rings (SSSR count). The number of anilines is 2. The fraction of sp³-hybridized carbons (Fsp3) is 0.0909. The van der Waals surface area contributed by atoms with Crippen molar-refractivity contribution in [1.29, 1.82) is 0 Å². The van der Waals surface area contributed by atoms with E-state index in [2.05, 4.69) is 4.98 Å². The van der Waals surface area contributed by atoms with Gasteiger partial charge in [0.2, 0.25) is 6.41 Å². The molecule has 140 valence electrons. The van der Waals surface area contributed by atoms with E-state index in [0.29, 0.717) is 23.8 Å². The maximum atomic E-state index is 13.3. The van der Waals surface area contributed by atoms with Crippen molar-refractivity contribution in [2.75, 3.05) is 12.0 Å². The number of rotatable bonds is 6. The zero-order chi connectivity index (χ0) is 19.5. The Hall–Kier alpha value is -3.67. The van der Waals surface area contributed by atoms with Crippen LogP contribution in [-0.4, -0.2) is 23.1 Å². The predicted molar refractivity (Wildman–Crippen MR) is 106 cm³/mol. The smallest absolute Gasteiger partial charge is 0.220 e. The molecule has 0 aliphatic carbocycles. The molecule has 0 bridgehead atoms. The summed E-state index contributed by atoms with van der Waals surface area (Å²) < 4.78 is 21.0. The molecule has 2 aromatic heterocycles. The average Bonchev–Trinajstić information content (AvgIpc) is 3.04. The Morgan fingerprint density at radius 3 is 2.57 bits per heavy atom. The highest BCUT2D eigenvalue weighted by atomic mass is 19.1. The zero-order valence-electron chi connectivity index (χ0n) is 15.2. The van der Waals surface area contributed by atoms with Crippen LogP contribution in [0.2, 0.25) is 0 Å². The fourth-order valence-corrected chi connectivity index (χ4v) is 3.36. The molecule has 0 unspecified atom stereocenters. The van der Waals surface area contributed by atoms with Gasteiger partial charge in [-0.1, -0.05) is 24.3 Å². The first-order valence-corrected chi connectivity index (χ1v) is 8.77. The van der Waals surface area contributed by atoms with Crippen LogP contribution < -0.4 is 9.64 Å². The molecule has 0 radical (unpaired) electrons. The molecule has 2 aromatic carbocycles. The highest BCUT2D eigenvalue weighted by Gasteiger charge is 2.24. The van der Waals surface area contributed by atoms with Crippen LogP contribution in [0.5, 0.6) is 5.75 Å². The first-order valence-electron chi connectivity index (χ1n) is 8.77. The minimum Gasteiger partial charge on any atom is -0.492 e. The van der Waals surface area contributed by atoms with Crippen LogP contribution in [0.25, 0.3) is 10.9 Å². The van der Waals surface area contributed by atoms with Gasteiger partial charge in [-0.2, -0.15) is 0 Å². The summed E-state index contributed by atoms with van der Waals surface area (Å²) >= 11 is 0. The van der Waals surface area contributed by atoms with Gasteiger partial charge in [-0.15, -0.1) is 0 Å². The van der Waals surface area contributed by atoms with Crippen molar-refractivity contribution >= 4 is 28.8 Å². The van der Waals surface area contributed by atoms with Crippen molar-refractivity contribution in [3.63, 3.8) is 0 Å². The minimum atomic E-state index is -0.288. The number of ether oxygens (including phenoxy) is 1. The quantitative estimate of drug-likeness (QED) is 0.465. The van der Waals surface area contributed by atoms with Gasteiger partial charge in [-0.25, -0.2) is 4.39 Å². The van der Waals surface area contributed by atoms with Crippen LogP contribution in [0, 0.1) is 5.82 Å². The van der Waals surface area contributed by atoms with Crippen molar-refractivity contribution in [3.8, 4) is 5.75 Å². The lowest BCUT2D eigenvalue weighted by Crippen LogP contribution is -2.19. The number of hydrogen-bond donors (Lipinski definition) is 0. The topological polar surface area (TPSA) is 47.4 Å². The number of pyridine rings is 1. The summed E-state index contributed by atoms with van der Waals surface area (Å²) in [7, 11) is 1.58. The van der Waals surface area contributed by atoms with Gasteiger partial charge in [0, 0.05) is 18.1 Å². The average molecular weight is 375 g/mol. The summed E-state index contributed by atoms with van der Waals surface area (Å²) in [6.07, 6.45) is 4.01. The van der Waals surface area contributed by atoms with E-state index in [1.807, 2.05) is 28.8 Å². The lowest BCUT2D eigenvalue weighted by molar-refractivity contribution is -0.106. The molecule has 6 heteroatoms. The third kappa shape index (κ3) is 3.09. The van der Waals surface area contributed by atoms with E-state index < -0.39 is 0 Å². The summed E-state index contributed by atoms with van der Waals surface area (Å²) in [5.41, 5.74) is 2.44. The van der Waals surface area contributed by atoms with Crippen molar-refractivity contribution < 1.29 is 13.9 Å². The van der Waals surface area contributed by atoms with Crippen molar-refractivity contribution in [1.82, 2.24) is 9.55 Å². The Morgan fingerprint density at radius 2 is 1.89 bits per heavy atom. The van der Waals surface area contributed by atoms with Gasteiger partial charge in [0.25, 0.3) is 0 Å². The Bertz CT molecular complexity index is 1110. The summed E-state index contributed by atoms with van der Waals surface area (Å²) in [5, 5.41) is 0.887. The molecule has 1 amide bonds. The van der Waals surface area contributed by atoms with Crippen molar-refractivity contribution in [2.45, 2.75) is 6.54 Å². The normalized spacial score (nSPS) is 10.8. The lowest BCUT2D eigenvalue weighted by atomic mass is 10.2. The fourth-order valence-electron chi connectivity index (χ4n) is 3.36. The summed E-state index contributed by atoms with van der Waals surface area (Å²) in [6, 6.07) is 17.7. The van der Waals surface area contributed by atoms with Gasteiger partial charge < -0.3 is 9.30 Å². The third-order valence-electron chi connectivity index (χ3n) is 4.61. The van der Waals surface area contributed by atoms with Crippen LogP contribution in [-0.2, 0) is 11.3 Å². The van der Waals surface area contributed by atoms with E-state index in [9.17, 15) is 9.18 Å². The number of fused-ring (bicyclic) bond motifs is 1. The van der Waals surface area contributed by atoms with Crippen LogP contribution in [0.15, 0.2) is 73.1 Å². The molecular formula is C22H18FN3O2. The van der Waals surface area contributed by atoms with Crippen LogP contribution >= 0.6 is 0 Å². The highest BCUT2D eigenvalue weighted by molar-refractivity contribution is 5.99. The maximum absolute atomic E-state index is 13.3. The summed E-state index contributed by atoms with van der Waals surface area (Å²) in [6.45, 7) is 0.449. The van der Waals surface area contributed by atoms with Gasteiger partial charge in [0.05, 0.1) is 24.5 Å². The number of aromatic nitrogens is 2. The number of carbonyl (C=O) groups excluding carboxylic acids is 1. The van der Waals surface area contributed by atoms with Gasteiger partial charge >= 0.3 is 0 Å². The summed E-state index contributed by atoms with van der Waals surface area (Å²) in [5.74, 6) is 0.897. The second-order valence-electron chi connectivity index (χ2n) is 6.27. The van der Waals surface area contributed by atoms with E-state index in [-0.39, 0.29) is 5.82 Å². The minimum absolute atomic E-state index is 0.288. The summed E-state index contributed by atoms with van der Waals surface area (Å²) in [4.78, 5) is 17.7. The Balaban J connectivity index is 1.95. The largest absolute Gasteiger partial charge is 0.492 e. The molecule has 0 atom stereocenters. The lowest BCUT2D eigenvalue weighted by Gasteiger charge is -2.21. The second kappa shape index (κ2) is 7.52. The first-order chi connectivity index (χ1) is 13.7. The molecule has 28 heavy (non-hydrogen) atoms. The molecule has 0 spiro atoms. The first kappa shape index (κ1) is 17.7. The number of halogens is 1. The second-order valence-corrected chi connectivity index (χ2v) is 6.27. The predicted octanol–water partition coefficient (Wildman–Crippen LogP) is 4.53. The number of methoxy groups -OCH3 is 1. The number of para-hydroxylation sites is 1. The molecule has 0 aliphatic heterocycles. The Kier molecular flexibility index (Phi) is 4.76. The third-order valence-corrected chi connectivity index (χ3v) is 4.61. The van der Waals surface area contributed by atoms with Gasteiger partial charge in [-0.05, 0) is 42.0 Å². The highest BCUT2D eigenvalue weighted by Crippen LogP contribution is 2.42. The van der Waals surface area contributed by atoms with E-state index in [0.717, 1.165) is 22.9 Å². The number of hydrogen-bond acceptors (Lipinski definition) is 3. The standard InChI is InChI=1S/C22H18FN3O2/c1-28-21-19-6-2-3-7-20(19)25(14-16-8-10-17(23)11-9-16)22(21)26(15-27)18-5-4-12-24-13-18/h2-13,15H,14H2,1H3. The zero-order valence-corrected chi connectivity index (χ0v) is 15.2.